The van der Waals surface area contributed by atoms with Crippen LogP contribution in [0.5, 0.6) is 0 Å². The van der Waals surface area contributed by atoms with Crippen molar-refractivity contribution >= 4 is 11.8 Å². The Hall–Kier alpha value is -2.42. The lowest BCUT2D eigenvalue weighted by Crippen LogP contribution is -2.27. The molecule has 0 spiro atoms. The van der Waals surface area contributed by atoms with Crippen molar-refractivity contribution < 1.29 is 14.3 Å². The van der Waals surface area contributed by atoms with Gasteiger partial charge in [0.2, 0.25) is 0 Å². The molecule has 0 aliphatic rings. The Morgan fingerprint density at radius 1 is 0.700 bits per heavy atom. The quantitative estimate of drug-likeness (QED) is 0.383. The number of carbonyl (C=O) groups excluding carboxylic acids is 2. The molecule has 0 saturated heterocycles. The van der Waals surface area contributed by atoms with Gasteiger partial charge in [-0.3, -0.25) is 4.79 Å². The van der Waals surface area contributed by atoms with E-state index in [0.717, 1.165) is 24.0 Å². The molecule has 0 amide bonds. The maximum absolute atomic E-state index is 12.6. The molecule has 30 heavy (non-hydrogen) atoms. The lowest BCUT2D eigenvalue weighted by Gasteiger charge is -2.33. The number of carbonyl (C=O) groups is 2. The molecule has 2 rings (SSSR count). The Labute approximate surface area is 181 Å². The Morgan fingerprint density at radius 3 is 1.43 bits per heavy atom. The highest BCUT2D eigenvalue weighted by atomic mass is 16.6. The van der Waals surface area contributed by atoms with E-state index in [1.54, 1.807) is 0 Å². The van der Waals surface area contributed by atoms with Gasteiger partial charge < -0.3 is 4.74 Å². The molecule has 0 unspecified atom stereocenters. The predicted molar refractivity (Wildman–Crippen MR) is 123 cm³/mol. The number of esters is 1. The Balaban J connectivity index is 2.38. The molecule has 0 atom stereocenters. The lowest BCUT2D eigenvalue weighted by atomic mass is 9.70. The van der Waals surface area contributed by atoms with Crippen molar-refractivity contribution in [1.29, 1.82) is 0 Å². The van der Waals surface area contributed by atoms with Gasteiger partial charge in [0, 0.05) is 16.4 Å². The molecule has 2 aromatic rings. The fourth-order valence-corrected chi connectivity index (χ4v) is 3.87. The van der Waals surface area contributed by atoms with Crippen molar-refractivity contribution in [2.24, 2.45) is 5.41 Å². The molecule has 0 saturated carbocycles. The van der Waals surface area contributed by atoms with Crippen LogP contribution in [0.4, 0.5) is 0 Å². The van der Waals surface area contributed by atoms with Crippen molar-refractivity contribution in [3.05, 3.63) is 70.8 Å². The number of ether oxygens (including phenoxy) is 1. The van der Waals surface area contributed by atoms with Gasteiger partial charge in [-0.2, -0.15) is 0 Å². The third-order valence-corrected chi connectivity index (χ3v) is 5.66. The zero-order chi connectivity index (χ0) is 22.7. The van der Waals surface area contributed by atoms with Gasteiger partial charge in [0.25, 0.3) is 0 Å². The van der Waals surface area contributed by atoms with E-state index >= 15 is 0 Å². The molecule has 0 aliphatic carbocycles. The molecule has 0 aliphatic heterocycles. The van der Waals surface area contributed by atoms with Crippen LogP contribution in [0, 0.1) is 5.41 Å². The molecule has 0 bridgehead atoms. The molecular weight excluding hydrogens is 372 g/mol. The topological polar surface area (TPSA) is 43.4 Å². The van der Waals surface area contributed by atoms with Gasteiger partial charge in [0.05, 0.1) is 5.56 Å². The van der Waals surface area contributed by atoms with Crippen LogP contribution in [-0.4, -0.2) is 17.4 Å². The minimum absolute atomic E-state index is 0.148. The molecule has 162 valence electrons. The third kappa shape index (κ3) is 5.19. The number of ketones is 1. The second kappa shape index (κ2) is 8.75. The normalized spacial score (nSPS) is 12.5. The number of rotatable bonds is 6. The second-order valence-electron chi connectivity index (χ2n) is 10.0. The SMILES string of the molecule is CCC(CC)(c1ccc(C(=O)OC(C)(C)C)cc1)c1ccc(C(=O)C(C)(C)C)cc1. The molecular formula is C27H36O3. The fourth-order valence-electron chi connectivity index (χ4n) is 3.87. The Kier molecular flexibility index (Phi) is 6.96. The summed E-state index contributed by atoms with van der Waals surface area (Å²) >= 11 is 0. The van der Waals surface area contributed by atoms with E-state index < -0.39 is 11.0 Å². The minimum Gasteiger partial charge on any atom is -0.456 e. The smallest absolute Gasteiger partial charge is 0.338 e. The van der Waals surface area contributed by atoms with Crippen molar-refractivity contribution in [2.45, 2.75) is 79.2 Å². The van der Waals surface area contributed by atoms with Crippen LogP contribution >= 0.6 is 0 Å². The first kappa shape index (κ1) is 23.9. The summed E-state index contributed by atoms with van der Waals surface area (Å²) in [5, 5.41) is 0. The fraction of sp³-hybridized carbons (Fsp3) is 0.481. The lowest BCUT2D eigenvalue weighted by molar-refractivity contribution is 0.00694. The summed E-state index contributed by atoms with van der Waals surface area (Å²) in [5.74, 6) is -0.160. The first-order valence-electron chi connectivity index (χ1n) is 10.8. The number of benzene rings is 2. The molecule has 3 heteroatoms. The largest absolute Gasteiger partial charge is 0.456 e. The van der Waals surface area contributed by atoms with Crippen molar-refractivity contribution in [3.8, 4) is 0 Å². The first-order valence-corrected chi connectivity index (χ1v) is 10.8. The molecule has 2 aromatic carbocycles. The summed E-state index contributed by atoms with van der Waals surface area (Å²) in [4.78, 5) is 25.0. The molecule has 3 nitrogen and oxygen atoms in total. The highest BCUT2D eigenvalue weighted by Crippen LogP contribution is 2.39. The van der Waals surface area contributed by atoms with Crippen LogP contribution in [0.1, 0.15) is 100 Å². The zero-order valence-electron chi connectivity index (χ0n) is 19.8. The first-order chi connectivity index (χ1) is 13.8. The molecule has 0 radical (unpaired) electrons. The highest BCUT2D eigenvalue weighted by Gasteiger charge is 2.31. The van der Waals surface area contributed by atoms with E-state index in [9.17, 15) is 9.59 Å². The van der Waals surface area contributed by atoms with Gasteiger partial charge >= 0.3 is 5.97 Å². The van der Waals surface area contributed by atoms with Crippen LogP contribution in [0.15, 0.2) is 48.5 Å². The third-order valence-electron chi connectivity index (χ3n) is 5.66. The monoisotopic (exact) mass is 408 g/mol. The standard InChI is InChI=1S/C27H36O3/c1-9-27(10-2,21-15-11-19(12-16-21)23(28)25(3,4)5)22-17-13-20(14-18-22)24(29)30-26(6,7)8/h11-18H,9-10H2,1-8H3. The van der Waals surface area contributed by atoms with Crippen LogP contribution < -0.4 is 0 Å². The summed E-state index contributed by atoms with van der Waals surface area (Å²) < 4.78 is 5.48. The van der Waals surface area contributed by atoms with E-state index in [1.807, 2.05) is 77.9 Å². The van der Waals surface area contributed by atoms with Gasteiger partial charge in [-0.15, -0.1) is 0 Å². The maximum Gasteiger partial charge on any atom is 0.338 e. The summed E-state index contributed by atoms with van der Waals surface area (Å²) in [5.41, 5.74) is 2.56. The van der Waals surface area contributed by atoms with Crippen LogP contribution in [0.25, 0.3) is 0 Å². The van der Waals surface area contributed by atoms with Crippen molar-refractivity contribution in [1.82, 2.24) is 0 Å². The van der Waals surface area contributed by atoms with Gasteiger partial charge in [0.1, 0.15) is 5.60 Å². The van der Waals surface area contributed by atoms with Crippen LogP contribution in [-0.2, 0) is 10.2 Å². The van der Waals surface area contributed by atoms with E-state index in [4.69, 9.17) is 4.74 Å². The Morgan fingerprint density at radius 2 is 1.10 bits per heavy atom. The van der Waals surface area contributed by atoms with Gasteiger partial charge in [-0.25, -0.2) is 4.79 Å². The van der Waals surface area contributed by atoms with Gasteiger partial charge in [-0.05, 0) is 56.9 Å². The van der Waals surface area contributed by atoms with Crippen molar-refractivity contribution in [3.63, 3.8) is 0 Å². The van der Waals surface area contributed by atoms with E-state index in [1.165, 1.54) is 5.56 Å². The van der Waals surface area contributed by atoms with E-state index in [2.05, 4.69) is 26.0 Å². The van der Waals surface area contributed by atoms with Crippen LogP contribution in [0.2, 0.25) is 0 Å². The summed E-state index contributed by atoms with van der Waals surface area (Å²) in [6.45, 7) is 15.8. The van der Waals surface area contributed by atoms with Crippen molar-refractivity contribution in [2.75, 3.05) is 0 Å². The van der Waals surface area contributed by atoms with Gasteiger partial charge in [0.15, 0.2) is 5.78 Å². The molecule has 0 fully saturated rings. The highest BCUT2D eigenvalue weighted by molar-refractivity contribution is 5.99. The zero-order valence-corrected chi connectivity index (χ0v) is 19.8. The summed E-state index contributed by atoms with van der Waals surface area (Å²) in [6, 6.07) is 15.8. The van der Waals surface area contributed by atoms with E-state index in [0.29, 0.717) is 5.56 Å². The number of hydrogen-bond donors (Lipinski definition) is 0. The maximum atomic E-state index is 12.6. The average molecular weight is 409 g/mol. The molecule has 0 aromatic heterocycles. The average Bonchev–Trinajstić information content (AvgIpc) is 2.68. The van der Waals surface area contributed by atoms with Crippen LogP contribution in [0.3, 0.4) is 0 Å². The summed E-state index contributed by atoms with van der Waals surface area (Å²) in [6.07, 6.45) is 1.84. The predicted octanol–water partition coefficient (Wildman–Crippen LogP) is 6.98. The Bertz CT molecular complexity index is 872. The number of Topliss-reactive ketones (excluding diaryl/α,β-unsaturated/α-hetero) is 1. The molecule has 0 heterocycles. The number of hydrogen-bond acceptors (Lipinski definition) is 3. The van der Waals surface area contributed by atoms with E-state index in [-0.39, 0.29) is 17.2 Å². The van der Waals surface area contributed by atoms with Gasteiger partial charge in [-0.1, -0.05) is 71.0 Å². The second-order valence-corrected chi connectivity index (χ2v) is 10.0. The molecule has 0 N–H and O–H groups in total. The minimum atomic E-state index is -0.515. The summed E-state index contributed by atoms with van der Waals surface area (Å²) in [7, 11) is 0.